The average Bonchev–Trinajstić information content (AvgIpc) is 2.50. The van der Waals surface area contributed by atoms with Crippen molar-refractivity contribution in [1.29, 1.82) is 5.26 Å². The lowest BCUT2D eigenvalue weighted by atomic mass is 10.0. The summed E-state index contributed by atoms with van der Waals surface area (Å²) in [7, 11) is 0. The van der Waals surface area contributed by atoms with Gasteiger partial charge in [0.05, 0.1) is 11.6 Å². The first-order chi connectivity index (χ1) is 9.78. The van der Waals surface area contributed by atoms with Crippen LogP contribution in [0.25, 0.3) is 10.8 Å². The standard InChI is InChI=1S/C17H12N2O/c18-11-12-5-10-17(16-4-2-1-3-15(12)16)20-14-8-6-13(19)7-9-14/h1-10H,19H2. The van der Waals surface area contributed by atoms with Gasteiger partial charge in [-0.25, -0.2) is 0 Å². The highest BCUT2D eigenvalue weighted by Gasteiger charge is 2.07. The van der Waals surface area contributed by atoms with Gasteiger partial charge in [-0.05, 0) is 36.4 Å². The van der Waals surface area contributed by atoms with Crippen molar-refractivity contribution in [1.82, 2.24) is 0 Å². The van der Waals surface area contributed by atoms with Crippen molar-refractivity contribution < 1.29 is 4.74 Å². The summed E-state index contributed by atoms with van der Waals surface area (Å²) < 4.78 is 5.88. The Morgan fingerprint density at radius 2 is 1.55 bits per heavy atom. The molecular formula is C17H12N2O. The molecule has 0 radical (unpaired) electrons. The smallest absolute Gasteiger partial charge is 0.135 e. The van der Waals surface area contributed by atoms with E-state index in [0.717, 1.165) is 16.5 Å². The number of hydrogen-bond donors (Lipinski definition) is 1. The minimum Gasteiger partial charge on any atom is -0.457 e. The first-order valence-corrected chi connectivity index (χ1v) is 6.23. The highest BCUT2D eigenvalue weighted by Crippen LogP contribution is 2.31. The molecule has 0 unspecified atom stereocenters. The Balaban J connectivity index is 2.09. The highest BCUT2D eigenvalue weighted by molar-refractivity contribution is 5.92. The molecule has 0 aliphatic rings. The zero-order chi connectivity index (χ0) is 13.9. The van der Waals surface area contributed by atoms with Gasteiger partial charge < -0.3 is 10.5 Å². The third kappa shape index (κ3) is 2.15. The summed E-state index contributed by atoms with van der Waals surface area (Å²) in [5.41, 5.74) is 7.00. The molecule has 0 bridgehead atoms. The van der Waals surface area contributed by atoms with E-state index in [-0.39, 0.29) is 0 Å². The maximum Gasteiger partial charge on any atom is 0.135 e. The van der Waals surface area contributed by atoms with E-state index in [0.29, 0.717) is 17.0 Å². The summed E-state index contributed by atoms with van der Waals surface area (Å²) in [6.07, 6.45) is 0. The van der Waals surface area contributed by atoms with Gasteiger partial charge in [0.25, 0.3) is 0 Å². The van der Waals surface area contributed by atoms with E-state index in [1.807, 2.05) is 42.5 Å². The molecule has 0 fully saturated rings. The predicted molar refractivity (Wildman–Crippen MR) is 79.6 cm³/mol. The summed E-state index contributed by atoms with van der Waals surface area (Å²) in [6, 6.07) is 20.7. The number of anilines is 1. The Morgan fingerprint density at radius 1 is 0.850 bits per heavy atom. The van der Waals surface area contributed by atoms with E-state index in [1.165, 1.54) is 0 Å². The van der Waals surface area contributed by atoms with E-state index < -0.39 is 0 Å². The van der Waals surface area contributed by atoms with Crippen LogP contribution in [0.5, 0.6) is 11.5 Å². The quantitative estimate of drug-likeness (QED) is 0.706. The largest absolute Gasteiger partial charge is 0.457 e. The van der Waals surface area contributed by atoms with E-state index >= 15 is 0 Å². The second kappa shape index (κ2) is 4.94. The number of hydrogen-bond acceptors (Lipinski definition) is 3. The van der Waals surface area contributed by atoms with Crippen LogP contribution in [0.2, 0.25) is 0 Å². The molecule has 3 nitrogen and oxygen atoms in total. The van der Waals surface area contributed by atoms with Crippen molar-refractivity contribution in [2.24, 2.45) is 0 Å². The van der Waals surface area contributed by atoms with Gasteiger partial charge in [-0.3, -0.25) is 0 Å². The van der Waals surface area contributed by atoms with Crippen molar-refractivity contribution in [3.63, 3.8) is 0 Å². The third-order valence-corrected chi connectivity index (χ3v) is 3.11. The summed E-state index contributed by atoms with van der Waals surface area (Å²) in [5.74, 6) is 1.44. The van der Waals surface area contributed by atoms with Crippen LogP contribution in [0.1, 0.15) is 5.56 Å². The van der Waals surface area contributed by atoms with Gasteiger partial charge in [0, 0.05) is 16.5 Å². The van der Waals surface area contributed by atoms with E-state index in [2.05, 4.69) is 6.07 Å². The van der Waals surface area contributed by atoms with Crippen LogP contribution in [0, 0.1) is 11.3 Å². The predicted octanol–water partition coefficient (Wildman–Crippen LogP) is 4.09. The zero-order valence-electron chi connectivity index (χ0n) is 10.7. The molecule has 20 heavy (non-hydrogen) atoms. The van der Waals surface area contributed by atoms with Crippen LogP contribution in [0.3, 0.4) is 0 Å². The topological polar surface area (TPSA) is 59.0 Å². The van der Waals surface area contributed by atoms with Crippen LogP contribution in [0.4, 0.5) is 5.69 Å². The average molecular weight is 260 g/mol. The Kier molecular flexibility index (Phi) is 2.98. The van der Waals surface area contributed by atoms with E-state index in [1.54, 1.807) is 18.2 Å². The third-order valence-electron chi connectivity index (χ3n) is 3.11. The first-order valence-electron chi connectivity index (χ1n) is 6.23. The number of benzene rings is 3. The van der Waals surface area contributed by atoms with Crippen molar-refractivity contribution >= 4 is 16.5 Å². The fraction of sp³-hybridized carbons (Fsp3) is 0. The molecule has 3 aromatic carbocycles. The molecule has 0 saturated heterocycles. The summed E-state index contributed by atoms with van der Waals surface area (Å²) >= 11 is 0. The molecule has 96 valence electrons. The molecule has 0 spiro atoms. The van der Waals surface area contributed by atoms with Crippen molar-refractivity contribution in [3.8, 4) is 17.6 Å². The maximum atomic E-state index is 9.14. The number of ether oxygens (including phenoxy) is 1. The highest BCUT2D eigenvalue weighted by atomic mass is 16.5. The molecule has 0 aromatic heterocycles. The Hall–Kier alpha value is -2.99. The van der Waals surface area contributed by atoms with E-state index in [4.69, 9.17) is 15.7 Å². The number of nitrogens with zero attached hydrogens (tertiary/aromatic N) is 1. The molecule has 0 aliphatic carbocycles. The Labute approximate surface area is 116 Å². The molecular weight excluding hydrogens is 248 g/mol. The summed E-state index contributed by atoms with van der Waals surface area (Å²) in [6.45, 7) is 0. The lowest BCUT2D eigenvalue weighted by molar-refractivity contribution is 0.488. The molecule has 3 aromatic rings. The molecule has 0 heterocycles. The van der Waals surface area contributed by atoms with Gasteiger partial charge in [0.2, 0.25) is 0 Å². The molecule has 3 rings (SSSR count). The molecule has 0 atom stereocenters. The number of nitrogens with two attached hydrogens (primary N) is 1. The SMILES string of the molecule is N#Cc1ccc(Oc2ccc(N)cc2)c2ccccc12. The second-order valence-corrected chi connectivity index (χ2v) is 4.44. The number of nitrogen functional groups attached to an aromatic ring is 1. The van der Waals surface area contributed by atoms with Gasteiger partial charge in [0.15, 0.2) is 0 Å². The van der Waals surface area contributed by atoms with Crippen LogP contribution in [-0.4, -0.2) is 0 Å². The molecule has 3 heteroatoms. The van der Waals surface area contributed by atoms with Crippen molar-refractivity contribution in [3.05, 3.63) is 66.2 Å². The maximum absolute atomic E-state index is 9.14. The minimum absolute atomic E-state index is 0.644. The van der Waals surface area contributed by atoms with Crippen LogP contribution in [0.15, 0.2) is 60.7 Å². The fourth-order valence-corrected chi connectivity index (χ4v) is 2.12. The molecule has 0 amide bonds. The lowest BCUT2D eigenvalue weighted by Gasteiger charge is -2.10. The fourth-order valence-electron chi connectivity index (χ4n) is 2.12. The van der Waals surface area contributed by atoms with Crippen molar-refractivity contribution in [2.75, 3.05) is 5.73 Å². The second-order valence-electron chi connectivity index (χ2n) is 4.44. The van der Waals surface area contributed by atoms with Gasteiger partial charge in [0.1, 0.15) is 11.5 Å². The Bertz CT molecular complexity index is 801. The van der Waals surface area contributed by atoms with Gasteiger partial charge in [-0.15, -0.1) is 0 Å². The minimum atomic E-state index is 0.644. The molecule has 0 saturated carbocycles. The van der Waals surface area contributed by atoms with Gasteiger partial charge in [-0.2, -0.15) is 5.26 Å². The molecule has 0 aliphatic heterocycles. The Morgan fingerprint density at radius 3 is 2.25 bits per heavy atom. The van der Waals surface area contributed by atoms with Crippen LogP contribution in [-0.2, 0) is 0 Å². The van der Waals surface area contributed by atoms with Crippen LogP contribution >= 0.6 is 0 Å². The van der Waals surface area contributed by atoms with Gasteiger partial charge >= 0.3 is 0 Å². The normalized spacial score (nSPS) is 10.2. The van der Waals surface area contributed by atoms with Crippen molar-refractivity contribution in [2.45, 2.75) is 0 Å². The number of fused-ring (bicyclic) bond motifs is 1. The first kappa shape index (κ1) is 12.1. The summed E-state index contributed by atoms with van der Waals surface area (Å²) in [5, 5.41) is 11.0. The number of nitriles is 1. The number of rotatable bonds is 2. The monoisotopic (exact) mass is 260 g/mol. The zero-order valence-corrected chi connectivity index (χ0v) is 10.7. The summed E-state index contributed by atoms with van der Waals surface area (Å²) in [4.78, 5) is 0. The van der Waals surface area contributed by atoms with Crippen LogP contribution < -0.4 is 10.5 Å². The van der Waals surface area contributed by atoms with E-state index in [9.17, 15) is 0 Å². The lowest BCUT2D eigenvalue weighted by Crippen LogP contribution is -1.89. The molecule has 2 N–H and O–H groups in total. The van der Waals surface area contributed by atoms with Gasteiger partial charge in [-0.1, -0.05) is 24.3 Å².